The number of rotatable bonds is 2. The predicted molar refractivity (Wildman–Crippen MR) is 98.3 cm³/mol. The molecule has 1 aliphatic heterocycles. The molecule has 1 aromatic carbocycles. The molecule has 0 unspecified atom stereocenters. The van der Waals surface area contributed by atoms with E-state index in [1.165, 1.54) is 16.7 Å². The van der Waals surface area contributed by atoms with E-state index in [0.717, 1.165) is 0 Å². The van der Waals surface area contributed by atoms with Gasteiger partial charge in [0.1, 0.15) is 0 Å². The van der Waals surface area contributed by atoms with Gasteiger partial charge in [0, 0.05) is 10.5 Å². The van der Waals surface area contributed by atoms with Crippen LogP contribution in [0, 0.1) is 19.8 Å². The van der Waals surface area contributed by atoms with Crippen LogP contribution < -0.4 is 0 Å². The molecule has 21 heavy (non-hydrogen) atoms. The lowest BCUT2D eigenvalue weighted by atomic mass is 9.80. The van der Waals surface area contributed by atoms with Gasteiger partial charge in [-0.2, -0.15) is 0 Å². The second-order valence-electron chi connectivity index (χ2n) is 7.11. The molecule has 2 rings (SSSR count). The van der Waals surface area contributed by atoms with E-state index in [4.69, 9.17) is 0 Å². The molecule has 1 heteroatoms. The second kappa shape index (κ2) is 6.20. The molecule has 0 spiro atoms. The molecule has 0 saturated carbocycles. The molecule has 1 aromatic rings. The Kier molecular flexibility index (Phi) is 4.92. The molecular weight excluding hydrogens is 272 g/mol. The zero-order valence-corrected chi connectivity index (χ0v) is 15.7. The van der Waals surface area contributed by atoms with Gasteiger partial charge in [-0.15, -0.1) is 11.8 Å². The lowest BCUT2D eigenvalue weighted by molar-refractivity contribution is 0.819. The molecule has 0 radical (unpaired) electrons. The topological polar surface area (TPSA) is 0 Å². The molecule has 0 aromatic heterocycles. The van der Waals surface area contributed by atoms with Crippen LogP contribution in [0.3, 0.4) is 0 Å². The van der Waals surface area contributed by atoms with Crippen molar-refractivity contribution in [1.29, 1.82) is 0 Å². The number of hydrogen-bond acceptors (Lipinski definition) is 1. The number of aryl methyl sites for hydroxylation is 1. The maximum absolute atomic E-state index is 2.51. The Labute approximate surface area is 135 Å². The largest absolute Gasteiger partial charge is 0.147 e. The Morgan fingerprint density at radius 2 is 1.62 bits per heavy atom. The molecule has 1 aliphatic rings. The number of thioether (sulfide) groups is 1. The first kappa shape index (κ1) is 16.7. The number of benzene rings is 1. The van der Waals surface area contributed by atoms with E-state index in [0.29, 0.717) is 22.3 Å². The van der Waals surface area contributed by atoms with Gasteiger partial charge < -0.3 is 0 Å². The van der Waals surface area contributed by atoms with Crippen molar-refractivity contribution >= 4 is 17.3 Å². The van der Waals surface area contributed by atoms with E-state index >= 15 is 0 Å². The van der Waals surface area contributed by atoms with Crippen LogP contribution in [0.15, 0.2) is 12.1 Å². The van der Waals surface area contributed by atoms with Gasteiger partial charge in [0.15, 0.2) is 0 Å². The standard InChI is InChI=1S/C20H30S/c1-11(2)17-9-13(5)15(7)19-16(8)21-14(6)10-18(12(3)4)20(17)19/h9-12,14,16H,1-8H3/t14-,16+/m1/s1. The van der Waals surface area contributed by atoms with Crippen molar-refractivity contribution in [1.82, 2.24) is 0 Å². The monoisotopic (exact) mass is 302 g/mol. The molecule has 0 amide bonds. The van der Waals surface area contributed by atoms with Crippen LogP contribution in [-0.2, 0) is 0 Å². The molecule has 0 nitrogen and oxygen atoms in total. The zero-order chi connectivity index (χ0) is 15.9. The summed E-state index contributed by atoms with van der Waals surface area (Å²) in [6, 6.07) is 2.43. The van der Waals surface area contributed by atoms with Gasteiger partial charge in [-0.3, -0.25) is 0 Å². The maximum atomic E-state index is 2.51. The fourth-order valence-electron chi connectivity index (χ4n) is 3.50. The van der Waals surface area contributed by atoms with Crippen molar-refractivity contribution in [2.24, 2.45) is 5.92 Å². The number of fused-ring (bicyclic) bond motifs is 1. The van der Waals surface area contributed by atoms with Gasteiger partial charge in [0.05, 0.1) is 0 Å². The van der Waals surface area contributed by atoms with Gasteiger partial charge in [-0.25, -0.2) is 0 Å². The Morgan fingerprint density at radius 3 is 2.14 bits per heavy atom. The summed E-state index contributed by atoms with van der Waals surface area (Å²) in [5, 5.41) is 1.16. The normalized spacial score (nSPS) is 22.3. The van der Waals surface area contributed by atoms with Crippen molar-refractivity contribution in [2.75, 3.05) is 0 Å². The summed E-state index contributed by atoms with van der Waals surface area (Å²) in [5.41, 5.74) is 9.19. The third-order valence-electron chi connectivity index (χ3n) is 4.70. The highest BCUT2D eigenvalue weighted by Crippen LogP contribution is 2.47. The summed E-state index contributed by atoms with van der Waals surface area (Å²) in [4.78, 5) is 0. The average molecular weight is 303 g/mol. The lowest BCUT2D eigenvalue weighted by Crippen LogP contribution is -2.08. The summed E-state index contributed by atoms with van der Waals surface area (Å²) >= 11 is 2.09. The van der Waals surface area contributed by atoms with E-state index in [2.05, 4.69) is 79.3 Å². The first-order chi connectivity index (χ1) is 9.73. The van der Waals surface area contributed by atoms with Gasteiger partial charge in [-0.05, 0) is 72.9 Å². The minimum Gasteiger partial charge on any atom is -0.147 e. The number of hydrogen-bond donors (Lipinski definition) is 0. The fraction of sp³-hybridized carbons (Fsp3) is 0.600. The van der Waals surface area contributed by atoms with Crippen LogP contribution in [0.5, 0.6) is 0 Å². The van der Waals surface area contributed by atoms with Crippen LogP contribution in [0.25, 0.3) is 5.57 Å². The molecule has 116 valence electrons. The maximum Gasteiger partial charge on any atom is 0.0283 e. The third-order valence-corrected chi connectivity index (χ3v) is 5.91. The minimum absolute atomic E-state index is 0.569. The highest BCUT2D eigenvalue weighted by molar-refractivity contribution is 8.00. The second-order valence-corrected chi connectivity index (χ2v) is 8.83. The molecule has 0 saturated heterocycles. The van der Waals surface area contributed by atoms with Crippen LogP contribution in [-0.4, -0.2) is 5.25 Å². The van der Waals surface area contributed by atoms with Crippen molar-refractivity contribution < 1.29 is 0 Å². The summed E-state index contributed by atoms with van der Waals surface area (Å²) in [5.74, 6) is 1.16. The summed E-state index contributed by atoms with van der Waals surface area (Å²) < 4.78 is 0. The summed E-state index contributed by atoms with van der Waals surface area (Å²) in [6.07, 6.45) is 2.51. The predicted octanol–water partition coefficient (Wildman–Crippen LogP) is 6.66. The van der Waals surface area contributed by atoms with E-state index in [1.807, 2.05) is 0 Å². The minimum atomic E-state index is 0.569. The van der Waals surface area contributed by atoms with Crippen molar-refractivity contribution in [3.8, 4) is 0 Å². The van der Waals surface area contributed by atoms with Crippen LogP contribution in [0.2, 0.25) is 0 Å². The summed E-state index contributed by atoms with van der Waals surface area (Å²) in [7, 11) is 0. The van der Waals surface area contributed by atoms with Crippen molar-refractivity contribution in [3.05, 3.63) is 40.0 Å². The third kappa shape index (κ3) is 3.08. The average Bonchev–Trinajstić information content (AvgIpc) is 2.50. The van der Waals surface area contributed by atoms with Crippen LogP contribution in [0.4, 0.5) is 0 Å². The van der Waals surface area contributed by atoms with E-state index in [9.17, 15) is 0 Å². The SMILES string of the molecule is Cc1cc(C(C)C)c2c(c1C)[C@H](C)S[C@H](C)C=C2C(C)C. The van der Waals surface area contributed by atoms with Crippen LogP contribution >= 0.6 is 11.8 Å². The molecule has 0 aliphatic carbocycles. The molecule has 0 N–H and O–H groups in total. The highest BCUT2D eigenvalue weighted by atomic mass is 32.2. The molecule has 0 bridgehead atoms. The van der Waals surface area contributed by atoms with Gasteiger partial charge in [0.2, 0.25) is 0 Å². The van der Waals surface area contributed by atoms with Crippen molar-refractivity contribution in [3.63, 3.8) is 0 Å². The van der Waals surface area contributed by atoms with E-state index in [1.54, 1.807) is 16.7 Å². The highest BCUT2D eigenvalue weighted by Gasteiger charge is 2.27. The zero-order valence-electron chi connectivity index (χ0n) is 14.9. The first-order valence-corrected chi connectivity index (χ1v) is 9.19. The molecular formula is C20H30S. The van der Waals surface area contributed by atoms with Crippen LogP contribution in [0.1, 0.15) is 80.5 Å². The Balaban J connectivity index is 2.85. The Morgan fingerprint density at radius 1 is 1.00 bits per heavy atom. The fourth-order valence-corrected chi connectivity index (χ4v) is 4.80. The van der Waals surface area contributed by atoms with Crippen molar-refractivity contribution in [2.45, 2.75) is 71.8 Å². The van der Waals surface area contributed by atoms with Gasteiger partial charge in [-0.1, -0.05) is 39.8 Å². The van der Waals surface area contributed by atoms with E-state index in [-0.39, 0.29) is 0 Å². The van der Waals surface area contributed by atoms with E-state index < -0.39 is 0 Å². The molecule has 1 heterocycles. The quantitative estimate of drug-likeness (QED) is 0.588. The Bertz CT molecular complexity index is 564. The van der Waals surface area contributed by atoms with Gasteiger partial charge >= 0.3 is 0 Å². The smallest absolute Gasteiger partial charge is 0.0283 e. The van der Waals surface area contributed by atoms with Gasteiger partial charge in [0.25, 0.3) is 0 Å². The summed E-state index contributed by atoms with van der Waals surface area (Å²) in [6.45, 7) is 18.6. The molecule has 0 fully saturated rings. The number of allylic oxidation sites excluding steroid dienone is 1. The Hall–Kier alpha value is -0.690. The lowest BCUT2D eigenvalue weighted by Gasteiger charge is -2.26. The molecule has 2 atom stereocenters. The first-order valence-electron chi connectivity index (χ1n) is 8.25.